The average Bonchev–Trinajstić information content (AvgIpc) is 2.52. The molecule has 0 aliphatic carbocycles. The third kappa shape index (κ3) is 2.98. The fraction of sp³-hybridized carbons (Fsp3) is 0. The first-order valence-electron chi connectivity index (χ1n) is 6.46. The van der Waals surface area contributed by atoms with Crippen LogP contribution in [0, 0.1) is 0 Å². The van der Waals surface area contributed by atoms with Crippen molar-refractivity contribution in [3.8, 4) is 5.75 Å². The van der Waals surface area contributed by atoms with Crippen LogP contribution in [0.1, 0.15) is 5.56 Å². The summed E-state index contributed by atoms with van der Waals surface area (Å²) >= 11 is 11.8. The van der Waals surface area contributed by atoms with Crippen LogP contribution in [0.4, 0.5) is 5.69 Å². The van der Waals surface area contributed by atoms with E-state index >= 15 is 0 Å². The second-order valence-corrected chi connectivity index (χ2v) is 5.42. The second-order valence-electron chi connectivity index (χ2n) is 4.58. The smallest absolute Gasteiger partial charge is 0.143 e. The van der Waals surface area contributed by atoms with E-state index < -0.39 is 0 Å². The molecule has 6 heteroatoms. The van der Waals surface area contributed by atoms with E-state index in [1.807, 2.05) is 30.3 Å². The van der Waals surface area contributed by atoms with Gasteiger partial charge in [0.1, 0.15) is 5.75 Å². The molecular formula is C16H11Cl2N3O. The lowest BCUT2D eigenvalue weighted by atomic mass is 10.2. The number of benzene rings is 2. The van der Waals surface area contributed by atoms with Crippen molar-refractivity contribution in [1.82, 2.24) is 4.98 Å². The molecule has 0 spiro atoms. The highest BCUT2D eigenvalue weighted by Crippen LogP contribution is 2.30. The van der Waals surface area contributed by atoms with Crippen LogP contribution < -0.4 is 5.43 Å². The summed E-state index contributed by atoms with van der Waals surface area (Å²) in [6.45, 7) is 0. The first kappa shape index (κ1) is 14.6. The zero-order valence-electron chi connectivity index (χ0n) is 11.3. The number of anilines is 1. The fourth-order valence-corrected chi connectivity index (χ4v) is 2.56. The van der Waals surface area contributed by atoms with Crippen molar-refractivity contribution >= 4 is 46.0 Å². The maximum atomic E-state index is 9.87. The number of para-hydroxylation sites is 1. The van der Waals surface area contributed by atoms with Crippen LogP contribution in [-0.4, -0.2) is 16.3 Å². The molecule has 3 aromatic rings. The van der Waals surface area contributed by atoms with Gasteiger partial charge in [-0.3, -0.25) is 10.4 Å². The number of pyridine rings is 1. The highest BCUT2D eigenvalue weighted by Gasteiger charge is 2.06. The predicted molar refractivity (Wildman–Crippen MR) is 91.1 cm³/mol. The number of halogens is 2. The van der Waals surface area contributed by atoms with Gasteiger partial charge in [0.05, 0.1) is 22.4 Å². The fourth-order valence-electron chi connectivity index (χ4n) is 2.05. The molecule has 2 aromatic carbocycles. The summed E-state index contributed by atoms with van der Waals surface area (Å²) in [4.78, 5) is 4.32. The molecule has 0 fully saturated rings. The molecule has 0 radical (unpaired) electrons. The molecule has 0 atom stereocenters. The third-order valence-electron chi connectivity index (χ3n) is 3.08. The van der Waals surface area contributed by atoms with E-state index in [0.29, 0.717) is 10.6 Å². The number of hydrazone groups is 1. The van der Waals surface area contributed by atoms with Crippen LogP contribution in [0.5, 0.6) is 5.75 Å². The van der Waals surface area contributed by atoms with Crippen molar-refractivity contribution < 1.29 is 5.11 Å². The molecular weight excluding hydrogens is 321 g/mol. The molecule has 0 aliphatic heterocycles. The molecule has 3 rings (SSSR count). The number of phenols is 1. The highest BCUT2D eigenvalue weighted by atomic mass is 35.5. The standard InChI is InChI=1S/C16H11Cl2N3O/c17-12-7-11(16(22)13(18)8-12)9-20-21-14-5-1-3-10-4-2-6-19-15(10)14/h1-9,21-22H/b20-9+. The largest absolute Gasteiger partial charge is 0.506 e. The Morgan fingerprint density at radius 3 is 2.82 bits per heavy atom. The number of nitrogens with one attached hydrogen (secondary N) is 1. The third-order valence-corrected chi connectivity index (χ3v) is 3.59. The Hall–Kier alpha value is -2.30. The number of rotatable bonds is 3. The summed E-state index contributed by atoms with van der Waals surface area (Å²) < 4.78 is 0. The number of phenolic OH excluding ortho intramolecular Hbond substituents is 1. The number of nitrogens with zero attached hydrogens (tertiary/aromatic N) is 2. The summed E-state index contributed by atoms with van der Waals surface area (Å²) in [6.07, 6.45) is 3.18. The predicted octanol–water partition coefficient (Wildman–Crippen LogP) is 4.69. The Morgan fingerprint density at radius 1 is 1.14 bits per heavy atom. The Morgan fingerprint density at radius 2 is 1.95 bits per heavy atom. The molecule has 4 nitrogen and oxygen atoms in total. The number of aromatic nitrogens is 1. The van der Waals surface area contributed by atoms with Gasteiger partial charge in [-0.25, -0.2) is 0 Å². The van der Waals surface area contributed by atoms with Crippen molar-refractivity contribution in [3.05, 3.63) is 64.3 Å². The summed E-state index contributed by atoms with van der Waals surface area (Å²) in [5.41, 5.74) is 4.92. The van der Waals surface area contributed by atoms with Gasteiger partial charge in [-0.15, -0.1) is 0 Å². The van der Waals surface area contributed by atoms with Gasteiger partial charge in [0.2, 0.25) is 0 Å². The van der Waals surface area contributed by atoms with Gasteiger partial charge in [-0.05, 0) is 24.3 Å². The van der Waals surface area contributed by atoms with E-state index in [0.717, 1.165) is 16.6 Å². The Balaban J connectivity index is 1.88. The van der Waals surface area contributed by atoms with E-state index in [4.69, 9.17) is 23.2 Å². The van der Waals surface area contributed by atoms with E-state index in [1.165, 1.54) is 12.3 Å². The zero-order chi connectivity index (χ0) is 15.5. The molecule has 0 saturated carbocycles. The van der Waals surface area contributed by atoms with E-state index in [-0.39, 0.29) is 10.8 Å². The SMILES string of the molecule is Oc1c(Cl)cc(Cl)cc1/C=N/Nc1cccc2cccnc12. The molecule has 0 saturated heterocycles. The molecule has 0 aliphatic rings. The molecule has 1 heterocycles. The Bertz CT molecular complexity index is 860. The minimum atomic E-state index is -0.0624. The quantitative estimate of drug-likeness (QED) is 0.540. The number of hydrogen-bond acceptors (Lipinski definition) is 4. The summed E-state index contributed by atoms with van der Waals surface area (Å²) in [5, 5.41) is 15.6. The zero-order valence-corrected chi connectivity index (χ0v) is 12.8. The first-order chi connectivity index (χ1) is 10.6. The lowest BCUT2D eigenvalue weighted by Crippen LogP contribution is -1.93. The Kier molecular flexibility index (Phi) is 4.13. The summed E-state index contributed by atoms with van der Waals surface area (Å²) in [7, 11) is 0. The van der Waals surface area contributed by atoms with Crippen LogP contribution in [0.15, 0.2) is 53.8 Å². The van der Waals surface area contributed by atoms with Crippen molar-refractivity contribution in [2.45, 2.75) is 0 Å². The van der Waals surface area contributed by atoms with Gasteiger partial charge < -0.3 is 5.11 Å². The minimum absolute atomic E-state index is 0.0624. The van der Waals surface area contributed by atoms with Gasteiger partial charge in [0.15, 0.2) is 0 Å². The lowest BCUT2D eigenvalue weighted by molar-refractivity contribution is 0.475. The van der Waals surface area contributed by atoms with E-state index in [1.54, 1.807) is 12.3 Å². The van der Waals surface area contributed by atoms with Crippen LogP contribution in [0.25, 0.3) is 10.9 Å². The molecule has 1 aromatic heterocycles. The van der Waals surface area contributed by atoms with Crippen LogP contribution in [-0.2, 0) is 0 Å². The summed E-state index contributed by atoms with van der Waals surface area (Å²) in [5.74, 6) is -0.0624. The number of aromatic hydroxyl groups is 1. The average molecular weight is 332 g/mol. The van der Waals surface area contributed by atoms with Gasteiger partial charge >= 0.3 is 0 Å². The van der Waals surface area contributed by atoms with Crippen LogP contribution in [0.2, 0.25) is 10.0 Å². The summed E-state index contributed by atoms with van der Waals surface area (Å²) in [6, 6.07) is 12.7. The first-order valence-corrected chi connectivity index (χ1v) is 7.21. The monoisotopic (exact) mass is 331 g/mol. The molecule has 22 heavy (non-hydrogen) atoms. The molecule has 2 N–H and O–H groups in total. The highest BCUT2D eigenvalue weighted by molar-refractivity contribution is 6.36. The number of fused-ring (bicyclic) bond motifs is 1. The van der Waals surface area contributed by atoms with Crippen LogP contribution >= 0.6 is 23.2 Å². The molecule has 0 amide bonds. The van der Waals surface area contributed by atoms with Gasteiger partial charge in [-0.2, -0.15) is 5.10 Å². The molecule has 0 unspecified atom stereocenters. The van der Waals surface area contributed by atoms with E-state index in [9.17, 15) is 5.11 Å². The normalized spacial score (nSPS) is 11.2. The second kappa shape index (κ2) is 6.22. The van der Waals surface area contributed by atoms with Crippen molar-refractivity contribution in [3.63, 3.8) is 0 Å². The number of hydrogen-bond donors (Lipinski definition) is 2. The maximum absolute atomic E-state index is 9.87. The molecule has 0 bridgehead atoms. The van der Waals surface area contributed by atoms with Gasteiger partial charge in [-0.1, -0.05) is 41.4 Å². The van der Waals surface area contributed by atoms with Crippen molar-refractivity contribution in [1.29, 1.82) is 0 Å². The van der Waals surface area contributed by atoms with Gasteiger partial charge in [0, 0.05) is 22.2 Å². The maximum Gasteiger partial charge on any atom is 0.143 e. The van der Waals surface area contributed by atoms with Crippen LogP contribution in [0.3, 0.4) is 0 Å². The lowest BCUT2D eigenvalue weighted by Gasteiger charge is -2.05. The van der Waals surface area contributed by atoms with Crippen molar-refractivity contribution in [2.24, 2.45) is 5.10 Å². The van der Waals surface area contributed by atoms with Crippen molar-refractivity contribution in [2.75, 3.05) is 5.43 Å². The Labute approximate surface area is 137 Å². The van der Waals surface area contributed by atoms with E-state index in [2.05, 4.69) is 15.5 Å². The molecule has 110 valence electrons. The minimum Gasteiger partial charge on any atom is -0.506 e. The van der Waals surface area contributed by atoms with Gasteiger partial charge in [0.25, 0.3) is 0 Å². The topological polar surface area (TPSA) is 57.5 Å².